The molecule has 0 aliphatic rings. The molecule has 1 rings (SSSR count). The topological polar surface area (TPSA) is 29.5 Å². The fourth-order valence-corrected chi connectivity index (χ4v) is 1.23. The van der Waals surface area contributed by atoms with Crippen LogP contribution in [0.2, 0.25) is 0 Å². The Morgan fingerprint density at radius 3 is 2.46 bits per heavy atom. The van der Waals surface area contributed by atoms with Gasteiger partial charge in [-0.15, -0.1) is 6.58 Å². The van der Waals surface area contributed by atoms with E-state index in [9.17, 15) is 0 Å². The van der Waals surface area contributed by atoms with E-state index in [-0.39, 0.29) is 12.0 Å². The van der Waals surface area contributed by atoms with Crippen molar-refractivity contribution in [2.45, 2.75) is 13.0 Å². The van der Waals surface area contributed by atoms with Crippen molar-refractivity contribution in [3.8, 4) is 0 Å². The van der Waals surface area contributed by atoms with Gasteiger partial charge in [-0.1, -0.05) is 43.3 Å². The minimum Gasteiger partial charge on any atom is -0.251 e. The van der Waals surface area contributed by atoms with E-state index in [0.717, 1.165) is 5.56 Å². The van der Waals surface area contributed by atoms with Crippen LogP contribution in [0, 0.1) is 5.92 Å². The molecule has 0 spiro atoms. The van der Waals surface area contributed by atoms with Crippen LogP contribution in [0.25, 0.3) is 0 Å². The summed E-state index contributed by atoms with van der Waals surface area (Å²) in [6, 6.07) is 9.59. The lowest BCUT2D eigenvalue weighted by atomic mass is 9.98. The number of hydrogen-bond donors (Lipinski definition) is 1. The van der Waals surface area contributed by atoms with Crippen molar-refractivity contribution in [2.24, 2.45) is 5.92 Å². The van der Waals surface area contributed by atoms with E-state index in [1.54, 1.807) is 6.08 Å². The third kappa shape index (κ3) is 2.41. The largest absolute Gasteiger partial charge is 0.251 e. The van der Waals surface area contributed by atoms with Crippen LogP contribution in [0.3, 0.4) is 0 Å². The molecule has 0 unspecified atom stereocenters. The van der Waals surface area contributed by atoms with Crippen molar-refractivity contribution in [1.82, 2.24) is 0 Å². The average Bonchev–Trinajstić information content (AvgIpc) is 2.20. The van der Waals surface area contributed by atoms with Gasteiger partial charge in [0.05, 0.1) is 0 Å². The van der Waals surface area contributed by atoms with Gasteiger partial charge in [0.1, 0.15) is 6.10 Å². The molecule has 2 nitrogen and oxygen atoms in total. The van der Waals surface area contributed by atoms with Gasteiger partial charge in [-0.05, 0) is 5.56 Å². The molecule has 0 bridgehead atoms. The summed E-state index contributed by atoms with van der Waals surface area (Å²) in [5, 5.41) is 8.73. The second-order valence-corrected chi connectivity index (χ2v) is 3.03. The Morgan fingerprint density at radius 1 is 1.38 bits per heavy atom. The second-order valence-electron chi connectivity index (χ2n) is 3.03. The molecule has 0 amide bonds. The van der Waals surface area contributed by atoms with E-state index in [1.807, 2.05) is 37.3 Å². The molecule has 0 fully saturated rings. The predicted molar refractivity (Wildman–Crippen MR) is 52.3 cm³/mol. The SMILES string of the molecule is C=C[C@@H](C)[C@H](OO)c1ccccc1. The fraction of sp³-hybridized carbons (Fsp3) is 0.273. The molecule has 70 valence electrons. The maximum absolute atomic E-state index is 8.73. The number of hydrogen-bond acceptors (Lipinski definition) is 2. The summed E-state index contributed by atoms with van der Waals surface area (Å²) in [7, 11) is 0. The van der Waals surface area contributed by atoms with E-state index in [4.69, 9.17) is 5.26 Å². The second kappa shape index (κ2) is 4.80. The minimum atomic E-state index is -0.321. The first kappa shape index (κ1) is 9.96. The van der Waals surface area contributed by atoms with E-state index in [0.29, 0.717) is 0 Å². The van der Waals surface area contributed by atoms with Crippen LogP contribution in [0.1, 0.15) is 18.6 Å². The molecule has 0 saturated carbocycles. The van der Waals surface area contributed by atoms with Gasteiger partial charge in [-0.2, -0.15) is 0 Å². The summed E-state index contributed by atoms with van der Waals surface area (Å²) in [4.78, 5) is 4.42. The highest BCUT2D eigenvalue weighted by molar-refractivity contribution is 5.18. The normalized spacial score (nSPS) is 14.9. The standard InChI is InChI=1S/C11H14O2/c1-3-9(2)11(13-12)10-7-5-4-6-8-10/h3-9,11-12H,1H2,2H3/t9-,11+/m1/s1. The van der Waals surface area contributed by atoms with E-state index >= 15 is 0 Å². The van der Waals surface area contributed by atoms with Crippen LogP contribution < -0.4 is 0 Å². The quantitative estimate of drug-likeness (QED) is 0.436. The van der Waals surface area contributed by atoms with Gasteiger partial charge >= 0.3 is 0 Å². The van der Waals surface area contributed by atoms with Crippen molar-refractivity contribution in [3.05, 3.63) is 48.6 Å². The smallest absolute Gasteiger partial charge is 0.124 e. The van der Waals surface area contributed by atoms with Gasteiger partial charge < -0.3 is 0 Å². The zero-order valence-corrected chi connectivity index (χ0v) is 7.68. The Balaban J connectivity index is 2.84. The monoisotopic (exact) mass is 178 g/mol. The molecule has 0 saturated heterocycles. The lowest BCUT2D eigenvalue weighted by Gasteiger charge is -2.17. The van der Waals surface area contributed by atoms with Gasteiger partial charge in [-0.25, -0.2) is 4.89 Å². The lowest BCUT2D eigenvalue weighted by molar-refractivity contribution is -0.289. The minimum absolute atomic E-state index is 0.0902. The Hall–Kier alpha value is -1.12. The Bertz CT molecular complexity index is 256. The molecular formula is C11H14O2. The van der Waals surface area contributed by atoms with Crippen LogP contribution in [-0.4, -0.2) is 5.26 Å². The van der Waals surface area contributed by atoms with E-state index < -0.39 is 0 Å². The molecule has 1 aromatic rings. The Kier molecular flexibility index (Phi) is 3.68. The lowest BCUT2D eigenvalue weighted by Crippen LogP contribution is -2.09. The summed E-state index contributed by atoms with van der Waals surface area (Å²) in [6.45, 7) is 5.61. The Morgan fingerprint density at radius 2 is 2.00 bits per heavy atom. The summed E-state index contributed by atoms with van der Waals surface area (Å²) in [5.74, 6) is 0.0902. The highest BCUT2D eigenvalue weighted by Gasteiger charge is 2.16. The zero-order chi connectivity index (χ0) is 9.68. The van der Waals surface area contributed by atoms with Crippen LogP contribution >= 0.6 is 0 Å². The highest BCUT2D eigenvalue weighted by atomic mass is 17.1. The Labute approximate surface area is 78.4 Å². The summed E-state index contributed by atoms with van der Waals surface area (Å²) < 4.78 is 0. The average molecular weight is 178 g/mol. The van der Waals surface area contributed by atoms with Crippen LogP contribution in [-0.2, 0) is 4.89 Å². The fourth-order valence-electron chi connectivity index (χ4n) is 1.23. The van der Waals surface area contributed by atoms with E-state index in [2.05, 4.69) is 11.5 Å². The number of rotatable bonds is 4. The van der Waals surface area contributed by atoms with Crippen molar-refractivity contribution in [2.75, 3.05) is 0 Å². The molecule has 0 radical (unpaired) electrons. The maximum atomic E-state index is 8.73. The van der Waals surface area contributed by atoms with Gasteiger partial charge in [-0.3, -0.25) is 5.26 Å². The van der Waals surface area contributed by atoms with Crippen molar-refractivity contribution < 1.29 is 10.1 Å². The summed E-state index contributed by atoms with van der Waals surface area (Å²) in [5.41, 5.74) is 0.956. The summed E-state index contributed by atoms with van der Waals surface area (Å²) in [6.07, 6.45) is 1.44. The number of benzene rings is 1. The predicted octanol–water partition coefficient (Wildman–Crippen LogP) is 3.04. The van der Waals surface area contributed by atoms with Crippen LogP contribution in [0.4, 0.5) is 0 Å². The van der Waals surface area contributed by atoms with Gasteiger partial charge in [0.2, 0.25) is 0 Å². The molecule has 0 aliphatic heterocycles. The molecule has 2 atom stereocenters. The van der Waals surface area contributed by atoms with Gasteiger partial charge in [0, 0.05) is 5.92 Å². The molecular weight excluding hydrogens is 164 g/mol. The van der Waals surface area contributed by atoms with Crippen LogP contribution in [0.15, 0.2) is 43.0 Å². The van der Waals surface area contributed by atoms with Crippen molar-refractivity contribution in [1.29, 1.82) is 0 Å². The first-order valence-electron chi connectivity index (χ1n) is 4.27. The molecule has 2 heteroatoms. The third-order valence-corrected chi connectivity index (χ3v) is 2.09. The molecule has 13 heavy (non-hydrogen) atoms. The van der Waals surface area contributed by atoms with Crippen molar-refractivity contribution in [3.63, 3.8) is 0 Å². The first-order valence-corrected chi connectivity index (χ1v) is 4.27. The first-order chi connectivity index (χ1) is 6.29. The molecule has 0 aromatic heterocycles. The third-order valence-electron chi connectivity index (χ3n) is 2.09. The molecule has 1 N–H and O–H groups in total. The van der Waals surface area contributed by atoms with Crippen LogP contribution in [0.5, 0.6) is 0 Å². The molecule has 0 aliphatic carbocycles. The van der Waals surface area contributed by atoms with Crippen molar-refractivity contribution >= 4 is 0 Å². The van der Waals surface area contributed by atoms with Gasteiger partial charge in [0.25, 0.3) is 0 Å². The zero-order valence-electron chi connectivity index (χ0n) is 7.68. The molecule has 1 aromatic carbocycles. The van der Waals surface area contributed by atoms with Gasteiger partial charge in [0.15, 0.2) is 0 Å². The summed E-state index contributed by atoms with van der Waals surface area (Å²) >= 11 is 0. The molecule has 0 heterocycles. The highest BCUT2D eigenvalue weighted by Crippen LogP contribution is 2.25. The van der Waals surface area contributed by atoms with E-state index in [1.165, 1.54) is 0 Å². The maximum Gasteiger partial charge on any atom is 0.124 e.